The number of imidazole rings is 1. The first-order valence-corrected chi connectivity index (χ1v) is 7.01. The van der Waals surface area contributed by atoms with Gasteiger partial charge in [0.2, 0.25) is 0 Å². The van der Waals surface area contributed by atoms with Crippen LogP contribution in [0, 0.1) is 0 Å². The molecule has 3 aromatic rings. The SMILES string of the molecule is C[C@@H](NCc1cn2cc(Cl)ccc2n1)c1ccccc1. The monoisotopic (exact) mass is 285 g/mol. The highest BCUT2D eigenvalue weighted by atomic mass is 35.5. The van der Waals surface area contributed by atoms with Crippen molar-refractivity contribution >= 4 is 17.2 Å². The molecule has 2 aromatic heterocycles. The van der Waals surface area contributed by atoms with Crippen LogP contribution in [-0.2, 0) is 6.54 Å². The number of halogens is 1. The van der Waals surface area contributed by atoms with Gasteiger partial charge in [0.25, 0.3) is 0 Å². The van der Waals surface area contributed by atoms with Gasteiger partial charge in [0.05, 0.1) is 10.7 Å². The smallest absolute Gasteiger partial charge is 0.137 e. The summed E-state index contributed by atoms with van der Waals surface area (Å²) in [5.41, 5.74) is 3.20. The number of rotatable bonds is 4. The summed E-state index contributed by atoms with van der Waals surface area (Å²) in [7, 11) is 0. The Balaban J connectivity index is 1.71. The molecule has 0 bridgehead atoms. The average Bonchev–Trinajstić information content (AvgIpc) is 2.87. The fourth-order valence-electron chi connectivity index (χ4n) is 2.22. The van der Waals surface area contributed by atoms with Crippen LogP contribution in [-0.4, -0.2) is 9.38 Å². The molecule has 0 amide bonds. The van der Waals surface area contributed by atoms with E-state index in [0.29, 0.717) is 11.1 Å². The van der Waals surface area contributed by atoms with Gasteiger partial charge in [0, 0.05) is 25.0 Å². The maximum absolute atomic E-state index is 5.97. The van der Waals surface area contributed by atoms with Crippen LogP contribution in [0.2, 0.25) is 5.02 Å². The molecule has 3 rings (SSSR count). The summed E-state index contributed by atoms with van der Waals surface area (Å²) in [6.07, 6.45) is 3.87. The molecule has 1 aromatic carbocycles. The zero-order chi connectivity index (χ0) is 13.9. The van der Waals surface area contributed by atoms with Gasteiger partial charge in [-0.2, -0.15) is 0 Å². The van der Waals surface area contributed by atoms with E-state index in [9.17, 15) is 0 Å². The van der Waals surface area contributed by atoms with E-state index in [2.05, 4.69) is 41.5 Å². The van der Waals surface area contributed by atoms with Gasteiger partial charge < -0.3 is 9.72 Å². The van der Waals surface area contributed by atoms with Crippen LogP contribution in [0.4, 0.5) is 0 Å². The molecule has 2 heterocycles. The first kappa shape index (κ1) is 13.2. The molecule has 0 unspecified atom stereocenters. The van der Waals surface area contributed by atoms with E-state index in [-0.39, 0.29) is 0 Å². The molecule has 0 spiro atoms. The Labute approximate surface area is 123 Å². The Morgan fingerprint density at radius 2 is 1.95 bits per heavy atom. The van der Waals surface area contributed by atoms with Gasteiger partial charge in [-0.05, 0) is 24.6 Å². The van der Waals surface area contributed by atoms with Crippen LogP contribution in [0.25, 0.3) is 5.65 Å². The van der Waals surface area contributed by atoms with Crippen LogP contribution in [0.5, 0.6) is 0 Å². The van der Waals surface area contributed by atoms with Crippen molar-refractivity contribution in [1.29, 1.82) is 0 Å². The Morgan fingerprint density at radius 1 is 1.15 bits per heavy atom. The molecular weight excluding hydrogens is 270 g/mol. The fourth-order valence-corrected chi connectivity index (χ4v) is 2.39. The molecule has 102 valence electrons. The highest BCUT2D eigenvalue weighted by Gasteiger charge is 2.06. The van der Waals surface area contributed by atoms with Crippen LogP contribution in [0.3, 0.4) is 0 Å². The van der Waals surface area contributed by atoms with E-state index in [4.69, 9.17) is 11.6 Å². The van der Waals surface area contributed by atoms with Crippen molar-refractivity contribution in [3.63, 3.8) is 0 Å². The molecule has 0 radical (unpaired) electrons. The highest BCUT2D eigenvalue weighted by molar-refractivity contribution is 6.30. The molecule has 0 aliphatic heterocycles. The Bertz CT molecular complexity index is 706. The van der Waals surface area contributed by atoms with Gasteiger partial charge in [0.15, 0.2) is 0 Å². The van der Waals surface area contributed by atoms with Crippen molar-refractivity contribution in [1.82, 2.24) is 14.7 Å². The number of benzene rings is 1. The predicted octanol–water partition coefficient (Wildman–Crippen LogP) is 3.84. The lowest BCUT2D eigenvalue weighted by molar-refractivity contribution is 0.569. The first-order chi connectivity index (χ1) is 9.72. The molecule has 1 N–H and O–H groups in total. The van der Waals surface area contributed by atoms with Gasteiger partial charge in [-0.3, -0.25) is 0 Å². The molecule has 0 fully saturated rings. The summed E-state index contributed by atoms with van der Waals surface area (Å²) in [5.74, 6) is 0. The Morgan fingerprint density at radius 3 is 2.75 bits per heavy atom. The van der Waals surface area contributed by atoms with Crippen molar-refractivity contribution < 1.29 is 0 Å². The molecule has 4 heteroatoms. The van der Waals surface area contributed by atoms with E-state index in [1.54, 1.807) is 0 Å². The van der Waals surface area contributed by atoms with Crippen molar-refractivity contribution in [2.45, 2.75) is 19.5 Å². The minimum Gasteiger partial charge on any atom is -0.305 e. The molecule has 0 aliphatic rings. The van der Waals surface area contributed by atoms with Crippen molar-refractivity contribution in [3.8, 4) is 0 Å². The number of fused-ring (bicyclic) bond motifs is 1. The number of nitrogens with zero attached hydrogens (tertiary/aromatic N) is 2. The van der Waals surface area contributed by atoms with E-state index in [1.165, 1.54) is 5.56 Å². The van der Waals surface area contributed by atoms with Crippen LogP contribution < -0.4 is 5.32 Å². The quantitative estimate of drug-likeness (QED) is 0.789. The van der Waals surface area contributed by atoms with Crippen molar-refractivity contribution in [2.24, 2.45) is 0 Å². The summed E-state index contributed by atoms with van der Waals surface area (Å²) >= 11 is 5.97. The summed E-state index contributed by atoms with van der Waals surface area (Å²) in [4.78, 5) is 4.56. The molecule has 0 saturated carbocycles. The minimum atomic E-state index is 0.296. The predicted molar refractivity (Wildman–Crippen MR) is 81.9 cm³/mol. The Kier molecular flexibility index (Phi) is 3.72. The summed E-state index contributed by atoms with van der Waals surface area (Å²) < 4.78 is 1.95. The number of aromatic nitrogens is 2. The molecule has 20 heavy (non-hydrogen) atoms. The van der Waals surface area contributed by atoms with Gasteiger partial charge in [0.1, 0.15) is 5.65 Å². The van der Waals surface area contributed by atoms with E-state index in [0.717, 1.165) is 17.9 Å². The van der Waals surface area contributed by atoms with Crippen LogP contribution in [0.1, 0.15) is 24.2 Å². The third kappa shape index (κ3) is 2.84. The molecule has 3 nitrogen and oxygen atoms in total. The van der Waals surface area contributed by atoms with Crippen molar-refractivity contribution in [3.05, 3.63) is 71.1 Å². The largest absolute Gasteiger partial charge is 0.305 e. The Hall–Kier alpha value is -1.84. The van der Waals surface area contributed by atoms with Crippen LogP contribution in [0.15, 0.2) is 54.9 Å². The normalized spacial score (nSPS) is 12.7. The second-order valence-corrected chi connectivity index (χ2v) is 5.29. The van der Waals surface area contributed by atoms with Gasteiger partial charge in [-0.15, -0.1) is 0 Å². The third-order valence-corrected chi connectivity index (χ3v) is 3.58. The number of pyridine rings is 1. The van der Waals surface area contributed by atoms with Gasteiger partial charge in [-0.1, -0.05) is 41.9 Å². The lowest BCUT2D eigenvalue weighted by atomic mass is 10.1. The van der Waals surface area contributed by atoms with E-state index < -0.39 is 0 Å². The molecule has 0 aliphatic carbocycles. The van der Waals surface area contributed by atoms with Crippen LogP contribution >= 0.6 is 11.6 Å². The third-order valence-electron chi connectivity index (χ3n) is 3.35. The second-order valence-electron chi connectivity index (χ2n) is 4.86. The number of hydrogen-bond acceptors (Lipinski definition) is 2. The standard InChI is InChI=1S/C16H16ClN3/c1-12(13-5-3-2-4-6-13)18-9-15-11-20-10-14(17)7-8-16(20)19-15/h2-8,10-12,18H,9H2,1H3/t12-/m1/s1. The van der Waals surface area contributed by atoms with E-state index >= 15 is 0 Å². The topological polar surface area (TPSA) is 29.3 Å². The summed E-state index contributed by atoms with van der Waals surface area (Å²) in [5, 5.41) is 4.20. The van der Waals surface area contributed by atoms with Gasteiger partial charge >= 0.3 is 0 Å². The highest BCUT2D eigenvalue weighted by Crippen LogP contribution is 2.14. The summed E-state index contributed by atoms with van der Waals surface area (Å²) in [6, 6.07) is 14.5. The zero-order valence-electron chi connectivity index (χ0n) is 11.3. The van der Waals surface area contributed by atoms with Crippen molar-refractivity contribution in [2.75, 3.05) is 0 Å². The maximum atomic E-state index is 5.97. The zero-order valence-corrected chi connectivity index (χ0v) is 12.0. The first-order valence-electron chi connectivity index (χ1n) is 6.64. The lowest BCUT2D eigenvalue weighted by Crippen LogP contribution is -2.18. The minimum absolute atomic E-state index is 0.296. The van der Waals surface area contributed by atoms with Gasteiger partial charge in [-0.25, -0.2) is 4.98 Å². The molecule has 1 atom stereocenters. The number of nitrogens with one attached hydrogen (secondary N) is 1. The summed E-state index contributed by atoms with van der Waals surface area (Å²) in [6.45, 7) is 2.89. The molecular formula is C16H16ClN3. The molecule has 0 saturated heterocycles. The number of hydrogen-bond donors (Lipinski definition) is 1. The average molecular weight is 286 g/mol. The second kappa shape index (κ2) is 5.65. The lowest BCUT2D eigenvalue weighted by Gasteiger charge is -2.12. The maximum Gasteiger partial charge on any atom is 0.137 e. The fraction of sp³-hybridized carbons (Fsp3) is 0.188. The van der Waals surface area contributed by atoms with E-state index in [1.807, 2.05) is 35.0 Å².